The molecule has 0 spiro atoms. The van der Waals surface area contributed by atoms with Crippen LogP contribution in [0.2, 0.25) is 5.02 Å². The number of carboxylic acids is 1. The summed E-state index contributed by atoms with van der Waals surface area (Å²) in [6.45, 7) is 5.35. The van der Waals surface area contributed by atoms with E-state index >= 15 is 0 Å². The minimum atomic E-state index is -1.07. The van der Waals surface area contributed by atoms with Crippen molar-refractivity contribution in [2.75, 3.05) is 0 Å². The Hall–Kier alpha value is -3.26. The summed E-state index contributed by atoms with van der Waals surface area (Å²) < 4.78 is 2.75. The molecule has 1 aromatic carbocycles. The lowest BCUT2D eigenvalue weighted by Crippen LogP contribution is -2.33. The largest absolute Gasteiger partial charge is 0.480 e. The molecule has 0 saturated heterocycles. The number of aromatic nitrogens is 5. The van der Waals surface area contributed by atoms with Crippen molar-refractivity contribution in [3.05, 3.63) is 57.6 Å². The van der Waals surface area contributed by atoms with Crippen LogP contribution in [0.15, 0.2) is 41.3 Å². The molecular formula is C20H18ClN5O3. The highest BCUT2D eigenvalue weighted by molar-refractivity contribution is 6.30. The summed E-state index contributed by atoms with van der Waals surface area (Å²) in [7, 11) is 0. The van der Waals surface area contributed by atoms with E-state index in [-0.39, 0.29) is 11.4 Å². The Balaban J connectivity index is 1.97. The Morgan fingerprint density at radius 3 is 2.45 bits per heavy atom. The van der Waals surface area contributed by atoms with Crippen molar-refractivity contribution in [1.82, 2.24) is 24.4 Å². The summed E-state index contributed by atoms with van der Waals surface area (Å²) >= 11 is 5.98. The van der Waals surface area contributed by atoms with Crippen molar-refractivity contribution in [2.45, 2.75) is 26.8 Å². The number of aryl methyl sites for hydroxylation is 1. The first-order valence-electron chi connectivity index (χ1n) is 9.05. The fourth-order valence-corrected chi connectivity index (χ4v) is 3.69. The molecule has 0 radical (unpaired) electrons. The van der Waals surface area contributed by atoms with E-state index in [1.165, 1.54) is 10.8 Å². The third-order valence-corrected chi connectivity index (χ3v) is 5.15. The van der Waals surface area contributed by atoms with E-state index in [2.05, 4.69) is 15.3 Å². The number of halogens is 1. The molecule has 0 fully saturated rings. The molecule has 1 atom stereocenters. The van der Waals surface area contributed by atoms with E-state index in [1.807, 2.05) is 19.1 Å². The smallest absolute Gasteiger partial charge is 0.327 e. The van der Waals surface area contributed by atoms with Crippen LogP contribution < -0.4 is 5.56 Å². The summed E-state index contributed by atoms with van der Waals surface area (Å²) in [4.78, 5) is 24.6. The number of carbonyl (C=O) groups is 1. The van der Waals surface area contributed by atoms with E-state index in [0.29, 0.717) is 16.2 Å². The molecule has 4 aromatic rings. The van der Waals surface area contributed by atoms with Gasteiger partial charge in [0.1, 0.15) is 11.6 Å². The second-order valence-electron chi connectivity index (χ2n) is 7.19. The molecule has 0 aliphatic rings. The first-order chi connectivity index (χ1) is 13.8. The maximum absolute atomic E-state index is 13.0. The van der Waals surface area contributed by atoms with Crippen LogP contribution in [0.3, 0.4) is 0 Å². The lowest BCUT2D eigenvalue weighted by Gasteiger charge is -2.19. The Morgan fingerprint density at radius 1 is 1.14 bits per heavy atom. The number of hydrogen-bond acceptors (Lipinski definition) is 5. The van der Waals surface area contributed by atoms with Gasteiger partial charge in [-0.2, -0.15) is 5.10 Å². The molecule has 1 N–H and O–H groups in total. The predicted molar refractivity (Wildman–Crippen MR) is 109 cm³/mol. The highest BCUT2D eigenvalue weighted by Crippen LogP contribution is 2.29. The molecule has 3 aromatic heterocycles. The topological polar surface area (TPSA) is 102 Å². The fraction of sp³-hybridized carbons (Fsp3) is 0.250. The maximum atomic E-state index is 13.0. The number of pyridine rings is 1. The zero-order valence-electron chi connectivity index (χ0n) is 16.0. The SMILES string of the molecule is Cc1nn2c(nnc3c(=O)n([C@@H](C(=O)O)C(C)C)ccc32)c1-c1ccc(Cl)cc1. The van der Waals surface area contributed by atoms with Gasteiger partial charge in [-0.3, -0.25) is 9.36 Å². The van der Waals surface area contributed by atoms with Gasteiger partial charge in [-0.25, -0.2) is 9.31 Å². The van der Waals surface area contributed by atoms with E-state index in [1.54, 1.807) is 36.6 Å². The first kappa shape index (κ1) is 19.1. The molecule has 0 bridgehead atoms. The first-order valence-corrected chi connectivity index (χ1v) is 9.43. The fourth-order valence-electron chi connectivity index (χ4n) is 3.57. The summed E-state index contributed by atoms with van der Waals surface area (Å²) in [6.07, 6.45) is 1.48. The van der Waals surface area contributed by atoms with Gasteiger partial charge in [0.25, 0.3) is 5.56 Å². The summed E-state index contributed by atoms with van der Waals surface area (Å²) in [5, 5.41) is 23.1. The lowest BCUT2D eigenvalue weighted by molar-refractivity contribution is -0.142. The molecule has 0 aliphatic carbocycles. The van der Waals surface area contributed by atoms with Crippen molar-refractivity contribution in [1.29, 1.82) is 0 Å². The highest BCUT2D eigenvalue weighted by Gasteiger charge is 2.26. The van der Waals surface area contributed by atoms with Crippen molar-refractivity contribution in [3.8, 4) is 11.1 Å². The van der Waals surface area contributed by atoms with Crippen molar-refractivity contribution < 1.29 is 9.90 Å². The number of rotatable bonds is 4. The van der Waals surface area contributed by atoms with Gasteiger partial charge < -0.3 is 5.11 Å². The average molecular weight is 412 g/mol. The molecule has 148 valence electrons. The predicted octanol–water partition coefficient (Wildman–Crippen LogP) is 3.35. The Kier molecular flexibility index (Phi) is 4.58. The van der Waals surface area contributed by atoms with Crippen LogP contribution in [0.5, 0.6) is 0 Å². The summed E-state index contributed by atoms with van der Waals surface area (Å²) in [5.41, 5.74) is 2.93. The van der Waals surface area contributed by atoms with Gasteiger partial charge in [0.2, 0.25) is 0 Å². The second-order valence-corrected chi connectivity index (χ2v) is 7.63. The Bertz CT molecular complexity index is 1310. The number of fused-ring (bicyclic) bond motifs is 3. The van der Waals surface area contributed by atoms with Crippen LogP contribution in [-0.2, 0) is 4.79 Å². The van der Waals surface area contributed by atoms with Crippen molar-refractivity contribution in [3.63, 3.8) is 0 Å². The van der Waals surface area contributed by atoms with Crippen molar-refractivity contribution in [2.24, 2.45) is 5.92 Å². The van der Waals surface area contributed by atoms with Gasteiger partial charge in [-0.1, -0.05) is 37.6 Å². The molecule has 4 rings (SSSR count). The minimum absolute atomic E-state index is 0.0667. The van der Waals surface area contributed by atoms with Gasteiger partial charge in [-0.05, 0) is 36.6 Å². The maximum Gasteiger partial charge on any atom is 0.327 e. The minimum Gasteiger partial charge on any atom is -0.480 e. The number of aliphatic carboxylic acids is 1. The molecule has 0 saturated carbocycles. The van der Waals surface area contributed by atoms with E-state index in [0.717, 1.165) is 16.8 Å². The summed E-state index contributed by atoms with van der Waals surface area (Å²) in [6, 6.07) is 7.96. The Morgan fingerprint density at radius 2 is 1.83 bits per heavy atom. The monoisotopic (exact) mass is 411 g/mol. The average Bonchev–Trinajstić information content (AvgIpc) is 3.00. The molecule has 0 aliphatic heterocycles. The number of hydrogen-bond donors (Lipinski definition) is 1. The van der Waals surface area contributed by atoms with Crippen LogP contribution in [0.4, 0.5) is 0 Å². The third kappa shape index (κ3) is 3.05. The zero-order chi connectivity index (χ0) is 20.9. The standard InChI is InChI=1S/C20H18ClN5O3/c1-10(2)17(20(28)29)25-9-8-14-16(19(25)27)22-23-18-15(11(3)24-26(14)18)12-4-6-13(21)7-5-12/h4-10,17H,1-3H3,(H,28,29)/t17-/m1/s1. The molecule has 9 heteroatoms. The van der Waals surface area contributed by atoms with E-state index in [9.17, 15) is 14.7 Å². The number of nitrogens with zero attached hydrogens (tertiary/aromatic N) is 5. The van der Waals surface area contributed by atoms with Crippen LogP contribution in [0.1, 0.15) is 25.6 Å². The molecule has 3 heterocycles. The number of benzene rings is 1. The summed E-state index contributed by atoms with van der Waals surface area (Å²) in [5.74, 6) is -1.35. The van der Waals surface area contributed by atoms with Crippen LogP contribution >= 0.6 is 11.6 Å². The van der Waals surface area contributed by atoms with Gasteiger partial charge in [0.05, 0.1) is 11.3 Å². The third-order valence-electron chi connectivity index (χ3n) is 4.90. The van der Waals surface area contributed by atoms with Gasteiger partial charge in [0, 0.05) is 11.2 Å². The Labute approximate surface area is 170 Å². The lowest BCUT2D eigenvalue weighted by atomic mass is 10.0. The highest BCUT2D eigenvalue weighted by atomic mass is 35.5. The molecule has 29 heavy (non-hydrogen) atoms. The van der Waals surface area contributed by atoms with Crippen LogP contribution in [0.25, 0.3) is 27.8 Å². The van der Waals surface area contributed by atoms with E-state index < -0.39 is 17.6 Å². The van der Waals surface area contributed by atoms with Crippen LogP contribution in [0, 0.1) is 12.8 Å². The van der Waals surface area contributed by atoms with E-state index in [4.69, 9.17) is 11.6 Å². The molecule has 0 amide bonds. The zero-order valence-corrected chi connectivity index (χ0v) is 16.8. The van der Waals surface area contributed by atoms with Gasteiger partial charge in [0.15, 0.2) is 11.2 Å². The quantitative estimate of drug-likeness (QED) is 0.552. The van der Waals surface area contributed by atoms with Gasteiger partial charge >= 0.3 is 5.97 Å². The second kappa shape index (κ2) is 6.97. The number of carboxylic acid groups (broad SMARTS) is 1. The molecular weight excluding hydrogens is 394 g/mol. The molecule has 8 nitrogen and oxygen atoms in total. The molecule has 0 unspecified atom stereocenters. The normalized spacial score (nSPS) is 12.7. The van der Waals surface area contributed by atoms with Gasteiger partial charge in [-0.15, -0.1) is 10.2 Å². The van der Waals surface area contributed by atoms with Crippen LogP contribution in [-0.4, -0.2) is 35.5 Å². The van der Waals surface area contributed by atoms with Crippen molar-refractivity contribution >= 4 is 34.3 Å².